The van der Waals surface area contributed by atoms with Gasteiger partial charge in [-0.05, 0) is 77.1 Å². The smallest absolute Gasteiger partial charge is 0.408 e. The third-order valence-electron chi connectivity index (χ3n) is 5.86. The van der Waals surface area contributed by atoms with Gasteiger partial charge in [0.1, 0.15) is 17.7 Å². The van der Waals surface area contributed by atoms with Gasteiger partial charge in [0.2, 0.25) is 11.8 Å². The Morgan fingerprint density at radius 3 is 2.14 bits per heavy atom. The van der Waals surface area contributed by atoms with Crippen LogP contribution in [-0.2, 0) is 20.7 Å². The van der Waals surface area contributed by atoms with Crippen LogP contribution >= 0.6 is 0 Å². The minimum atomic E-state index is -0.912. The zero-order valence-corrected chi connectivity index (χ0v) is 23.6. The maximum absolute atomic E-state index is 14.2. The van der Waals surface area contributed by atoms with Gasteiger partial charge in [0.05, 0.1) is 0 Å². The fraction of sp³-hybridized carbons (Fsp3) is 0.500. The number of rotatable bonds is 10. The third kappa shape index (κ3) is 9.23. The minimum absolute atomic E-state index is 0.0971. The molecule has 0 saturated heterocycles. The van der Waals surface area contributed by atoms with Gasteiger partial charge in [0.15, 0.2) is 0 Å². The zero-order chi connectivity index (χ0) is 27.8. The standard InChI is InChI=1S/C30H43N3O4/c1-9-17-33(26(27(34)31-20(2)3)24-16-15-21(4)22(5)18-24)28(35)25(19-23-13-11-10-12-14-23)32-29(36)37-30(6,7)8/h10-16,18,20,25-26H,9,17,19H2,1-8H3,(H,31,34)(H,32,36). The summed E-state index contributed by atoms with van der Waals surface area (Å²) in [4.78, 5) is 42.1. The number of aryl methyl sites for hydroxylation is 2. The van der Waals surface area contributed by atoms with Crippen LogP contribution in [0.25, 0.3) is 0 Å². The van der Waals surface area contributed by atoms with Crippen molar-refractivity contribution in [2.75, 3.05) is 6.54 Å². The summed E-state index contributed by atoms with van der Waals surface area (Å²) >= 11 is 0. The first-order valence-corrected chi connectivity index (χ1v) is 13.0. The van der Waals surface area contributed by atoms with E-state index >= 15 is 0 Å². The van der Waals surface area contributed by atoms with Gasteiger partial charge < -0.3 is 20.3 Å². The normalized spacial score (nSPS) is 13.0. The summed E-state index contributed by atoms with van der Waals surface area (Å²) in [6.45, 7) is 15.4. The lowest BCUT2D eigenvalue weighted by Crippen LogP contribution is -2.54. The number of hydrogen-bond donors (Lipinski definition) is 2. The van der Waals surface area contributed by atoms with Crippen molar-refractivity contribution in [3.63, 3.8) is 0 Å². The molecule has 0 aliphatic heterocycles. The molecule has 2 aromatic carbocycles. The number of carbonyl (C=O) groups is 3. The minimum Gasteiger partial charge on any atom is -0.444 e. The second kappa shape index (κ2) is 13.3. The van der Waals surface area contributed by atoms with Gasteiger partial charge in [0.25, 0.3) is 0 Å². The van der Waals surface area contributed by atoms with Crippen molar-refractivity contribution >= 4 is 17.9 Å². The first-order chi connectivity index (χ1) is 17.3. The highest BCUT2D eigenvalue weighted by Gasteiger charge is 2.36. The SMILES string of the molecule is CCCN(C(=O)C(Cc1ccccc1)NC(=O)OC(C)(C)C)C(C(=O)NC(C)C)c1ccc(C)c(C)c1. The van der Waals surface area contributed by atoms with E-state index in [1.54, 1.807) is 25.7 Å². The molecule has 2 unspecified atom stereocenters. The molecular weight excluding hydrogens is 466 g/mol. The zero-order valence-electron chi connectivity index (χ0n) is 23.6. The summed E-state index contributed by atoms with van der Waals surface area (Å²) < 4.78 is 5.47. The molecule has 0 saturated carbocycles. The van der Waals surface area contributed by atoms with E-state index in [0.29, 0.717) is 13.0 Å². The Balaban J connectivity index is 2.53. The van der Waals surface area contributed by atoms with Crippen LogP contribution in [0, 0.1) is 13.8 Å². The van der Waals surface area contributed by atoms with Gasteiger partial charge in [0, 0.05) is 19.0 Å². The van der Waals surface area contributed by atoms with Crippen LogP contribution in [-0.4, -0.2) is 47.0 Å². The number of benzene rings is 2. The van der Waals surface area contributed by atoms with E-state index in [2.05, 4.69) is 10.6 Å². The average molecular weight is 510 g/mol. The van der Waals surface area contributed by atoms with Crippen LogP contribution in [0.2, 0.25) is 0 Å². The molecule has 3 amide bonds. The molecule has 202 valence electrons. The van der Waals surface area contributed by atoms with Gasteiger partial charge in [-0.2, -0.15) is 0 Å². The molecule has 0 spiro atoms. The Bertz CT molecular complexity index is 1060. The summed E-state index contributed by atoms with van der Waals surface area (Å²) in [6.07, 6.45) is 0.240. The van der Waals surface area contributed by atoms with Gasteiger partial charge in [-0.3, -0.25) is 9.59 Å². The summed E-state index contributed by atoms with van der Waals surface area (Å²) in [5.41, 5.74) is 3.05. The van der Waals surface area contributed by atoms with Crippen LogP contribution in [0.1, 0.15) is 76.3 Å². The highest BCUT2D eigenvalue weighted by atomic mass is 16.6. The van der Waals surface area contributed by atoms with Crippen molar-refractivity contribution in [2.45, 2.75) is 92.0 Å². The van der Waals surface area contributed by atoms with E-state index in [1.165, 1.54) is 0 Å². The molecule has 0 bridgehead atoms. The fourth-order valence-electron chi connectivity index (χ4n) is 4.08. The van der Waals surface area contributed by atoms with E-state index in [1.807, 2.05) is 83.1 Å². The van der Waals surface area contributed by atoms with Gasteiger partial charge in [-0.15, -0.1) is 0 Å². The largest absolute Gasteiger partial charge is 0.444 e. The van der Waals surface area contributed by atoms with Crippen LogP contribution in [0.5, 0.6) is 0 Å². The highest BCUT2D eigenvalue weighted by Crippen LogP contribution is 2.26. The first kappa shape index (κ1) is 29.9. The van der Waals surface area contributed by atoms with Crippen molar-refractivity contribution in [1.82, 2.24) is 15.5 Å². The molecule has 7 nitrogen and oxygen atoms in total. The van der Waals surface area contributed by atoms with Gasteiger partial charge >= 0.3 is 6.09 Å². The molecule has 2 N–H and O–H groups in total. The van der Waals surface area contributed by atoms with E-state index < -0.39 is 23.8 Å². The monoisotopic (exact) mass is 509 g/mol. The maximum Gasteiger partial charge on any atom is 0.408 e. The van der Waals surface area contributed by atoms with Crippen LogP contribution < -0.4 is 10.6 Å². The van der Waals surface area contributed by atoms with Crippen molar-refractivity contribution in [2.24, 2.45) is 0 Å². The lowest BCUT2D eigenvalue weighted by Gasteiger charge is -2.35. The van der Waals surface area contributed by atoms with Crippen LogP contribution in [0.4, 0.5) is 4.79 Å². The first-order valence-electron chi connectivity index (χ1n) is 13.0. The average Bonchev–Trinajstić information content (AvgIpc) is 2.79. The summed E-state index contributed by atoms with van der Waals surface area (Å²) in [5.74, 6) is -0.588. The van der Waals surface area contributed by atoms with E-state index in [4.69, 9.17) is 4.74 Å². The Morgan fingerprint density at radius 2 is 1.59 bits per heavy atom. The fourth-order valence-corrected chi connectivity index (χ4v) is 4.08. The van der Waals surface area contributed by atoms with Crippen LogP contribution in [0.15, 0.2) is 48.5 Å². The molecule has 2 atom stereocenters. The third-order valence-corrected chi connectivity index (χ3v) is 5.86. The van der Waals surface area contributed by atoms with E-state index in [0.717, 1.165) is 22.3 Å². The Labute approximate surface area is 222 Å². The summed E-state index contributed by atoms with van der Waals surface area (Å²) in [6, 6.07) is 13.5. The van der Waals surface area contributed by atoms with Crippen molar-refractivity contribution in [1.29, 1.82) is 0 Å². The Hall–Kier alpha value is -3.35. The molecule has 2 rings (SSSR count). The number of carbonyl (C=O) groups excluding carboxylic acids is 3. The Morgan fingerprint density at radius 1 is 0.946 bits per heavy atom. The lowest BCUT2D eigenvalue weighted by molar-refractivity contribution is -0.142. The highest BCUT2D eigenvalue weighted by molar-refractivity contribution is 5.92. The molecule has 0 aromatic heterocycles. The maximum atomic E-state index is 14.2. The second-order valence-corrected chi connectivity index (χ2v) is 10.8. The van der Waals surface area contributed by atoms with Crippen LogP contribution in [0.3, 0.4) is 0 Å². The van der Waals surface area contributed by atoms with E-state index in [-0.39, 0.29) is 24.3 Å². The number of amides is 3. The number of ether oxygens (including phenoxy) is 1. The molecule has 0 aliphatic carbocycles. The second-order valence-electron chi connectivity index (χ2n) is 10.8. The van der Waals surface area contributed by atoms with Gasteiger partial charge in [-0.25, -0.2) is 4.79 Å². The summed E-state index contributed by atoms with van der Waals surface area (Å²) in [5, 5.41) is 5.77. The molecule has 7 heteroatoms. The number of nitrogens with zero attached hydrogens (tertiary/aromatic N) is 1. The summed E-state index contributed by atoms with van der Waals surface area (Å²) in [7, 11) is 0. The van der Waals surface area contributed by atoms with E-state index in [9.17, 15) is 14.4 Å². The molecule has 0 radical (unpaired) electrons. The Kier molecular flexibility index (Phi) is 10.7. The van der Waals surface area contributed by atoms with Gasteiger partial charge in [-0.1, -0.05) is 55.5 Å². The number of alkyl carbamates (subject to hydrolysis) is 1. The predicted molar refractivity (Wildman–Crippen MR) is 147 cm³/mol. The molecule has 2 aromatic rings. The van der Waals surface area contributed by atoms with Crippen molar-refractivity contribution in [3.8, 4) is 0 Å². The quantitative estimate of drug-likeness (QED) is 0.458. The number of nitrogens with one attached hydrogen (secondary N) is 2. The van der Waals surface area contributed by atoms with Crippen molar-refractivity contribution < 1.29 is 19.1 Å². The molecule has 0 fully saturated rings. The lowest BCUT2D eigenvalue weighted by atomic mass is 9.97. The molecule has 0 heterocycles. The molecule has 0 aliphatic rings. The predicted octanol–water partition coefficient (Wildman–Crippen LogP) is 5.24. The number of hydrogen-bond acceptors (Lipinski definition) is 4. The topological polar surface area (TPSA) is 87.7 Å². The van der Waals surface area contributed by atoms with Crippen molar-refractivity contribution in [3.05, 3.63) is 70.8 Å². The molecule has 37 heavy (non-hydrogen) atoms. The molecular formula is C30H43N3O4.